The van der Waals surface area contributed by atoms with Crippen molar-refractivity contribution in [2.24, 2.45) is 5.73 Å². The molecule has 0 spiro atoms. The minimum atomic E-state index is -0.491. The van der Waals surface area contributed by atoms with E-state index in [4.69, 9.17) is 5.73 Å². The number of primary amides is 1. The van der Waals surface area contributed by atoms with Crippen molar-refractivity contribution >= 4 is 29.2 Å². The van der Waals surface area contributed by atoms with Crippen LogP contribution in [0.1, 0.15) is 32.9 Å². The van der Waals surface area contributed by atoms with E-state index in [0.717, 1.165) is 33.6 Å². The molecule has 0 fully saturated rings. The Kier molecular flexibility index (Phi) is 4.52. The lowest BCUT2D eigenvalue weighted by molar-refractivity contribution is -0.110. The Bertz CT molecular complexity index is 1410. The molecule has 4 aromatic rings. The second kappa shape index (κ2) is 7.39. The largest absolute Gasteiger partial charge is 0.366 e. The monoisotopic (exact) mass is 423 g/mol. The van der Waals surface area contributed by atoms with Gasteiger partial charge in [0.2, 0.25) is 0 Å². The van der Waals surface area contributed by atoms with Crippen LogP contribution in [0.2, 0.25) is 0 Å². The fourth-order valence-corrected chi connectivity index (χ4v) is 4.14. The predicted molar refractivity (Wildman–Crippen MR) is 124 cm³/mol. The summed E-state index contributed by atoms with van der Waals surface area (Å²) >= 11 is 0. The molecule has 1 aliphatic rings. The normalized spacial score (nSPS) is 13.9. The number of nitrogens with one attached hydrogen (secondary N) is 2. The van der Waals surface area contributed by atoms with Crippen LogP contribution in [0.4, 0.5) is 5.69 Å². The van der Waals surface area contributed by atoms with Gasteiger partial charge in [0.25, 0.3) is 11.8 Å². The molecule has 0 unspecified atom stereocenters. The third kappa shape index (κ3) is 3.20. The quantitative estimate of drug-likeness (QED) is 0.431. The summed E-state index contributed by atoms with van der Waals surface area (Å²) in [6.45, 7) is 3.61. The molecule has 7 nitrogen and oxygen atoms in total. The van der Waals surface area contributed by atoms with Gasteiger partial charge in [-0.2, -0.15) is 5.10 Å². The zero-order valence-corrected chi connectivity index (χ0v) is 17.6. The SMILES string of the molecule is Cc1[nH]c(/C=C2\C(=O)Nc3ccc(-c4cnn(-c5ccccc5)c4)cc32)c(C)c1C(N)=O. The minimum absolute atomic E-state index is 0.190. The highest BCUT2D eigenvalue weighted by atomic mass is 16.2. The van der Waals surface area contributed by atoms with E-state index in [-0.39, 0.29) is 5.91 Å². The molecule has 0 radical (unpaired) electrons. The summed E-state index contributed by atoms with van der Waals surface area (Å²) in [7, 11) is 0. The number of nitrogens with zero attached hydrogens (tertiary/aromatic N) is 2. The number of H-pyrrole nitrogens is 1. The molecule has 1 aliphatic heterocycles. The van der Waals surface area contributed by atoms with Gasteiger partial charge in [0.1, 0.15) is 0 Å². The number of carbonyl (C=O) groups is 2. The van der Waals surface area contributed by atoms with Gasteiger partial charge in [-0.1, -0.05) is 24.3 Å². The number of rotatable bonds is 4. The van der Waals surface area contributed by atoms with E-state index in [1.54, 1.807) is 19.2 Å². The molecule has 3 heterocycles. The van der Waals surface area contributed by atoms with Crippen molar-refractivity contribution in [2.45, 2.75) is 13.8 Å². The molecule has 2 aromatic heterocycles. The lowest BCUT2D eigenvalue weighted by atomic mass is 10.00. The molecule has 0 atom stereocenters. The summed E-state index contributed by atoms with van der Waals surface area (Å²) in [5.41, 5.74) is 13.0. The molecular formula is C25H21N5O2. The minimum Gasteiger partial charge on any atom is -0.366 e. The molecule has 0 saturated heterocycles. The average Bonchev–Trinajstić information content (AvgIpc) is 3.45. The molecule has 2 amide bonds. The fourth-order valence-electron chi connectivity index (χ4n) is 4.14. The Balaban J connectivity index is 1.55. The zero-order valence-electron chi connectivity index (χ0n) is 17.6. The van der Waals surface area contributed by atoms with Crippen LogP contribution in [-0.2, 0) is 4.79 Å². The van der Waals surface area contributed by atoms with E-state index in [0.29, 0.717) is 22.5 Å². The van der Waals surface area contributed by atoms with Crippen LogP contribution in [0, 0.1) is 13.8 Å². The first-order valence-corrected chi connectivity index (χ1v) is 10.2. The third-order valence-corrected chi connectivity index (χ3v) is 5.75. The molecule has 5 rings (SSSR count). The van der Waals surface area contributed by atoms with Crippen molar-refractivity contribution in [3.05, 3.63) is 89.0 Å². The Morgan fingerprint density at radius 2 is 1.88 bits per heavy atom. The summed E-state index contributed by atoms with van der Waals surface area (Å²) in [6.07, 6.45) is 5.54. The number of aryl methyl sites for hydroxylation is 1. The molecular weight excluding hydrogens is 402 g/mol. The summed E-state index contributed by atoms with van der Waals surface area (Å²) in [5, 5.41) is 7.38. The number of hydrogen-bond donors (Lipinski definition) is 3. The second-order valence-electron chi connectivity index (χ2n) is 7.81. The van der Waals surface area contributed by atoms with Crippen molar-refractivity contribution in [2.75, 3.05) is 5.32 Å². The van der Waals surface area contributed by atoms with Gasteiger partial charge < -0.3 is 16.0 Å². The number of anilines is 1. The zero-order chi connectivity index (χ0) is 22.4. The summed E-state index contributed by atoms with van der Waals surface area (Å²) in [6, 6.07) is 15.7. The maximum Gasteiger partial charge on any atom is 0.256 e. The third-order valence-electron chi connectivity index (χ3n) is 5.75. The highest BCUT2D eigenvalue weighted by Crippen LogP contribution is 2.37. The first kappa shape index (κ1) is 19.6. The highest BCUT2D eigenvalue weighted by molar-refractivity contribution is 6.35. The first-order valence-electron chi connectivity index (χ1n) is 10.2. The van der Waals surface area contributed by atoms with E-state index >= 15 is 0 Å². The highest BCUT2D eigenvalue weighted by Gasteiger charge is 2.26. The molecule has 4 N–H and O–H groups in total. The number of aromatic nitrogens is 3. The fraction of sp³-hybridized carbons (Fsp3) is 0.0800. The standard InChI is InChI=1S/C25H21N5O2/c1-14-22(28-15(2)23(14)24(26)31)11-20-19-10-16(8-9-21(19)29-25(20)32)17-12-27-30(13-17)18-6-4-3-5-7-18/h3-13,28H,1-2H3,(H2,26,31)(H,29,32)/b20-11-. The number of benzene rings is 2. The summed E-state index contributed by atoms with van der Waals surface area (Å²) < 4.78 is 1.82. The molecule has 0 saturated carbocycles. The van der Waals surface area contributed by atoms with Crippen LogP contribution in [0.5, 0.6) is 0 Å². The molecule has 158 valence electrons. The lowest BCUT2D eigenvalue weighted by Crippen LogP contribution is -2.12. The van der Waals surface area contributed by atoms with Gasteiger partial charge in [0.15, 0.2) is 0 Å². The van der Waals surface area contributed by atoms with Crippen LogP contribution < -0.4 is 11.1 Å². The summed E-state index contributed by atoms with van der Waals surface area (Å²) in [5.74, 6) is -0.681. The van der Waals surface area contributed by atoms with Crippen LogP contribution in [0.15, 0.2) is 60.9 Å². The molecule has 32 heavy (non-hydrogen) atoms. The van der Waals surface area contributed by atoms with Gasteiger partial charge >= 0.3 is 0 Å². The van der Waals surface area contributed by atoms with Gasteiger partial charge in [-0.15, -0.1) is 0 Å². The number of carbonyl (C=O) groups excluding carboxylic acids is 2. The van der Waals surface area contributed by atoms with Crippen LogP contribution in [0.3, 0.4) is 0 Å². The first-order chi connectivity index (χ1) is 15.4. The van der Waals surface area contributed by atoms with Crippen molar-refractivity contribution in [1.82, 2.24) is 14.8 Å². The van der Waals surface area contributed by atoms with Crippen LogP contribution in [0.25, 0.3) is 28.5 Å². The van der Waals surface area contributed by atoms with Crippen LogP contribution in [-0.4, -0.2) is 26.6 Å². The van der Waals surface area contributed by atoms with Crippen molar-refractivity contribution in [3.8, 4) is 16.8 Å². The van der Waals surface area contributed by atoms with Crippen molar-refractivity contribution in [1.29, 1.82) is 0 Å². The Labute approximate surface area is 184 Å². The maximum atomic E-state index is 12.7. The Morgan fingerprint density at radius 1 is 1.09 bits per heavy atom. The number of nitrogens with two attached hydrogens (primary N) is 1. The topological polar surface area (TPSA) is 106 Å². The number of amides is 2. The summed E-state index contributed by atoms with van der Waals surface area (Å²) in [4.78, 5) is 27.6. The predicted octanol–water partition coefficient (Wildman–Crippen LogP) is 4.08. The number of para-hydroxylation sites is 1. The maximum absolute atomic E-state index is 12.7. The Morgan fingerprint density at radius 3 is 2.59 bits per heavy atom. The smallest absolute Gasteiger partial charge is 0.256 e. The van der Waals surface area contributed by atoms with E-state index in [2.05, 4.69) is 15.4 Å². The van der Waals surface area contributed by atoms with Gasteiger partial charge in [-0.3, -0.25) is 9.59 Å². The van der Waals surface area contributed by atoms with Gasteiger partial charge in [0, 0.05) is 34.4 Å². The second-order valence-corrected chi connectivity index (χ2v) is 7.81. The number of fused-ring (bicyclic) bond motifs is 1. The Hall–Kier alpha value is -4.39. The molecule has 0 aliphatic carbocycles. The van der Waals surface area contributed by atoms with Gasteiger partial charge in [0.05, 0.1) is 23.0 Å². The lowest BCUT2D eigenvalue weighted by Gasteiger charge is -2.03. The molecule has 7 heteroatoms. The van der Waals surface area contributed by atoms with Gasteiger partial charge in [-0.05, 0) is 55.3 Å². The van der Waals surface area contributed by atoms with Gasteiger partial charge in [-0.25, -0.2) is 4.68 Å². The van der Waals surface area contributed by atoms with E-state index in [1.807, 2.05) is 66.3 Å². The van der Waals surface area contributed by atoms with Crippen molar-refractivity contribution in [3.63, 3.8) is 0 Å². The van der Waals surface area contributed by atoms with Crippen LogP contribution >= 0.6 is 0 Å². The number of hydrogen-bond acceptors (Lipinski definition) is 3. The van der Waals surface area contributed by atoms with E-state index < -0.39 is 5.91 Å². The van der Waals surface area contributed by atoms with E-state index in [1.165, 1.54) is 0 Å². The molecule has 0 bridgehead atoms. The van der Waals surface area contributed by atoms with E-state index in [9.17, 15) is 9.59 Å². The molecule has 2 aromatic carbocycles. The number of aromatic amines is 1. The average molecular weight is 423 g/mol. The van der Waals surface area contributed by atoms with Crippen molar-refractivity contribution < 1.29 is 9.59 Å².